The van der Waals surface area contributed by atoms with E-state index in [9.17, 15) is 4.79 Å². The average molecular weight is 215 g/mol. The molecule has 1 unspecified atom stereocenters. The molecular formula is C13H13NO2. The van der Waals surface area contributed by atoms with Crippen LogP contribution < -0.4 is 0 Å². The molecule has 16 heavy (non-hydrogen) atoms. The molecule has 0 spiro atoms. The van der Waals surface area contributed by atoms with Crippen molar-refractivity contribution >= 4 is 11.7 Å². The number of carbonyl (C=O) groups excluding carboxylic acids is 1. The third-order valence-electron chi connectivity index (χ3n) is 2.95. The summed E-state index contributed by atoms with van der Waals surface area (Å²) in [6, 6.07) is 9.54. The molecule has 1 aliphatic heterocycles. The van der Waals surface area contributed by atoms with Crippen LogP contribution in [0.5, 0.6) is 0 Å². The van der Waals surface area contributed by atoms with Gasteiger partial charge < -0.3 is 4.84 Å². The molecule has 0 fully saturated rings. The van der Waals surface area contributed by atoms with Gasteiger partial charge in [-0.15, -0.1) is 6.58 Å². The van der Waals surface area contributed by atoms with Gasteiger partial charge in [0.05, 0.1) is 5.71 Å². The summed E-state index contributed by atoms with van der Waals surface area (Å²) in [7, 11) is 0. The zero-order valence-electron chi connectivity index (χ0n) is 9.14. The molecule has 1 aliphatic rings. The maximum atomic E-state index is 11.9. The molecule has 0 radical (unpaired) electrons. The monoisotopic (exact) mass is 215 g/mol. The second kappa shape index (κ2) is 3.93. The van der Waals surface area contributed by atoms with E-state index in [-0.39, 0.29) is 5.97 Å². The Morgan fingerprint density at radius 2 is 2.12 bits per heavy atom. The van der Waals surface area contributed by atoms with E-state index in [0.29, 0.717) is 12.1 Å². The Morgan fingerprint density at radius 3 is 2.62 bits per heavy atom. The first kappa shape index (κ1) is 10.6. The summed E-state index contributed by atoms with van der Waals surface area (Å²) in [5.74, 6) is -0.323. The van der Waals surface area contributed by atoms with Crippen LogP contribution in [0.1, 0.15) is 18.9 Å². The quantitative estimate of drug-likeness (QED) is 0.573. The largest absolute Gasteiger partial charge is 0.351 e. The highest BCUT2D eigenvalue weighted by atomic mass is 16.7. The fourth-order valence-electron chi connectivity index (χ4n) is 2.03. The van der Waals surface area contributed by atoms with Crippen LogP contribution in [0.3, 0.4) is 0 Å². The van der Waals surface area contributed by atoms with Crippen LogP contribution >= 0.6 is 0 Å². The highest BCUT2D eigenvalue weighted by Gasteiger charge is 2.48. The summed E-state index contributed by atoms with van der Waals surface area (Å²) < 4.78 is 0. The molecule has 1 aromatic rings. The first-order valence-electron chi connectivity index (χ1n) is 5.15. The number of benzene rings is 1. The van der Waals surface area contributed by atoms with Crippen molar-refractivity contribution in [2.75, 3.05) is 0 Å². The summed E-state index contributed by atoms with van der Waals surface area (Å²) in [4.78, 5) is 16.7. The predicted octanol–water partition coefficient (Wildman–Crippen LogP) is 2.43. The minimum absolute atomic E-state index is 0.323. The maximum absolute atomic E-state index is 11.9. The fourth-order valence-corrected chi connectivity index (χ4v) is 2.03. The topological polar surface area (TPSA) is 38.7 Å². The molecular weight excluding hydrogens is 202 g/mol. The first-order chi connectivity index (χ1) is 7.71. The van der Waals surface area contributed by atoms with Crippen LogP contribution in [0, 0.1) is 0 Å². The minimum Gasteiger partial charge on any atom is -0.317 e. The van der Waals surface area contributed by atoms with Crippen LogP contribution in [-0.4, -0.2) is 11.7 Å². The predicted molar refractivity (Wildman–Crippen MR) is 62.1 cm³/mol. The number of hydrogen-bond acceptors (Lipinski definition) is 3. The van der Waals surface area contributed by atoms with Gasteiger partial charge in [0, 0.05) is 0 Å². The van der Waals surface area contributed by atoms with E-state index in [0.717, 1.165) is 5.56 Å². The summed E-state index contributed by atoms with van der Waals surface area (Å²) in [6.45, 7) is 5.51. The van der Waals surface area contributed by atoms with Gasteiger partial charge in [0.2, 0.25) is 0 Å². The zero-order chi connectivity index (χ0) is 11.6. The molecule has 1 heterocycles. The Morgan fingerprint density at radius 1 is 1.44 bits per heavy atom. The van der Waals surface area contributed by atoms with E-state index < -0.39 is 5.41 Å². The lowest BCUT2D eigenvalue weighted by Gasteiger charge is -2.23. The van der Waals surface area contributed by atoms with E-state index in [2.05, 4.69) is 11.7 Å². The molecule has 3 nitrogen and oxygen atoms in total. The Kier molecular flexibility index (Phi) is 2.60. The molecule has 2 rings (SSSR count). The maximum Gasteiger partial charge on any atom is 0.351 e. The Labute approximate surface area is 94.4 Å². The van der Waals surface area contributed by atoms with Gasteiger partial charge in [-0.2, -0.15) is 0 Å². The van der Waals surface area contributed by atoms with Gasteiger partial charge in [-0.3, -0.25) is 0 Å². The normalized spacial score (nSPS) is 23.8. The standard InChI is InChI=1S/C13H13NO2/c1-3-9-13(10(2)14-16-12(13)15)11-7-5-4-6-8-11/h3-8H,1,9H2,2H3. The average Bonchev–Trinajstić information content (AvgIpc) is 2.60. The van der Waals surface area contributed by atoms with Gasteiger partial charge in [0.15, 0.2) is 0 Å². The molecule has 1 aromatic carbocycles. The Balaban J connectivity index is 2.56. The van der Waals surface area contributed by atoms with Gasteiger partial charge in [-0.25, -0.2) is 4.79 Å². The smallest absolute Gasteiger partial charge is 0.317 e. The summed E-state index contributed by atoms with van der Waals surface area (Å²) >= 11 is 0. The van der Waals surface area contributed by atoms with Crippen molar-refractivity contribution in [3.8, 4) is 0 Å². The van der Waals surface area contributed by atoms with Crippen molar-refractivity contribution in [3.63, 3.8) is 0 Å². The number of nitrogens with zero attached hydrogens (tertiary/aromatic N) is 1. The number of rotatable bonds is 3. The first-order valence-corrected chi connectivity index (χ1v) is 5.15. The van der Waals surface area contributed by atoms with Crippen LogP contribution in [0.25, 0.3) is 0 Å². The third-order valence-corrected chi connectivity index (χ3v) is 2.95. The van der Waals surface area contributed by atoms with Gasteiger partial charge >= 0.3 is 5.97 Å². The highest BCUT2D eigenvalue weighted by molar-refractivity contribution is 6.13. The number of oxime groups is 1. The minimum atomic E-state index is -0.775. The second-order valence-electron chi connectivity index (χ2n) is 3.82. The SMILES string of the molecule is C=CCC1(c2ccccc2)C(=O)ON=C1C. The van der Waals surface area contributed by atoms with Crippen molar-refractivity contribution in [1.29, 1.82) is 0 Å². The van der Waals surface area contributed by atoms with Crippen LogP contribution in [0.2, 0.25) is 0 Å². The fraction of sp³-hybridized carbons (Fsp3) is 0.231. The Hall–Kier alpha value is -1.90. The zero-order valence-corrected chi connectivity index (χ0v) is 9.14. The molecule has 3 heteroatoms. The summed E-state index contributed by atoms with van der Waals surface area (Å²) in [5, 5.41) is 3.79. The van der Waals surface area contributed by atoms with Crippen molar-refractivity contribution in [3.05, 3.63) is 48.6 Å². The highest BCUT2D eigenvalue weighted by Crippen LogP contribution is 2.35. The molecule has 82 valence electrons. The molecule has 0 saturated carbocycles. The lowest BCUT2D eigenvalue weighted by Crippen LogP contribution is -2.38. The molecule has 0 bridgehead atoms. The van der Waals surface area contributed by atoms with E-state index in [1.165, 1.54) is 0 Å². The van der Waals surface area contributed by atoms with Gasteiger partial charge in [-0.1, -0.05) is 41.6 Å². The van der Waals surface area contributed by atoms with Crippen LogP contribution in [-0.2, 0) is 15.0 Å². The van der Waals surface area contributed by atoms with Crippen molar-refractivity contribution in [2.45, 2.75) is 18.8 Å². The van der Waals surface area contributed by atoms with E-state index in [1.54, 1.807) is 13.0 Å². The van der Waals surface area contributed by atoms with Crippen LogP contribution in [0.4, 0.5) is 0 Å². The number of allylic oxidation sites excluding steroid dienone is 1. The van der Waals surface area contributed by atoms with E-state index in [4.69, 9.17) is 4.84 Å². The molecule has 0 N–H and O–H groups in total. The molecule has 0 aromatic heterocycles. The number of carbonyl (C=O) groups is 1. The molecule has 0 aliphatic carbocycles. The second-order valence-corrected chi connectivity index (χ2v) is 3.82. The summed E-state index contributed by atoms with van der Waals surface area (Å²) in [5.41, 5.74) is 0.811. The summed E-state index contributed by atoms with van der Waals surface area (Å²) in [6.07, 6.45) is 2.23. The Bertz CT molecular complexity index is 450. The lowest BCUT2D eigenvalue weighted by molar-refractivity contribution is -0.144. The van der Waals surface area contributed by atoms with Crippen LogP contribution in [0.15, 0.2) is 48.1 Å². The van der Waals surface area contributed by atoms with Crippen molar-refractivity contribution in [1.82, 2.24) is 0 Å². The molecule has 0 amide bonds. The van der Waals surface area contributed by atoms with Crippen molar-refractivity contribution < 1.29 is 9.63 Å². The van der Waals surface area contributed by atoms with Gasteiger partial charge in [-0.05, 0) is 18.9 Å². The third kappa shape index (κ3) is 1.36. The van der Waals surface area contributed by atoms with E-state index in [1.807, 2.05) is 30.3 Å². The number of hydrogen-bond donors (Lipinski definition) is 0. The molecule has 0 saturated heterocycles. The van der Waals surface area contributed by atoms with E-state index >= 15 is 0 Å². The van der Waals surface area contributed by atoms with Crippen molar-refractivity contribution in [2.24, 2.45) is 5.16 Å². The lowest BCUT2D eigenvalue weighted by atomic mass is 9.74. The molecule has 1 atom stereocenters. The van der Waals surface area contributed by atoms with Gasteiger partial charge in [0.25, 0.3) is 0 Å². The van der Waals surface area contributed by atoms with Gasteiger partial charge in [0.1, 0.15) is 5.41 Å².